The molecule has 3 rings (SSSR count). The number of piperidine rings is 2. The molecule has 0 saturated carbocycles. The second kappa shape index (κ2) is 8.52. The molecule has 0 aromatic heterocycles. The van der Waals surface area contributed by atoms with Crippen molar-refractivity contribution in [2.24, 2.45) is 0 Å². The Morgan fingerprint density at radius 2 is 1.96 bits per heavy atom. The number of carbonyl (C=O) groups excluding carboxylic acids is 1. The van der Waals surface area contributed by atoms with Gasteiger partial charge in [0.1, 0.15) is 0 Å². The number of anilines is 1. The van der Waals surface area contributed by atoms with Crippen molar-refractivity contribution in [2.45, 2.75) is 57.5 Å². The van der Waals surface area contributed by atoms with Gasteiger partial charge in [0.15, 0.2) is 0 Å². The maximum atomic E-state index is 12.8. The number of amides is 1. The van der Waals surface area contributed by atoms with Crippen LogP contribution >= 0.6 is 0 Å². The van der Waals surface area contributed by atoms with E-state index in [0.717, 1.165) is 51.9 Å². The molecule has 4 nitrogen and oxygen atoms in total. The number of hydrogen-bond acceptors (Lipinski definition) is 3. The Morgan fingerprint density at radius 1 is 1.12 bits per heavy atom. The molecule has 1 N–H and O–H groups in total. The molecule has 2 aliphatic rings. The highest BCUT2D eigenvalue weighted by Gasteiger charge is 2.30. The molecule has 2 unspecified atom stereocenters. The van der Waals surface area contributed by atoms with Gasteiger partial charge in [-0.15, -0.1) is 0 Å². The lowest BCUT2D eigenvalue weighted by molar-refractivity contribution is -0.128. The van der Waals surface area contributed by atoms with Crippen molar-refractivity contribution in [3.05, 3.63) is 30.3 Å². The lowest BCUT2D eigenvalue weighted by Crippen LogP contribution is -2.55. The third-order valence-corrected chi connectivity index (χ3v) is 5.32. The zero-order valence-corrected chi connectivity index (χ0v) is 14.9. The maximum Gasteiger partial charge on any atom is 0.237 e. The van der Waals surface area contributed by atoms with Crippen LogP contribution < -0.4 is 10.2 Å². The summed E-state index contributed by atoms with van der Waals surface area (Å²) in [6.45, 7) is 6.33. The van der Waals surface area contributed by atoms with Crippen molar-refractivity contribution in [2.75, 3.05) is 31.1 Å². The fourth-order valence-electron chi connectivity index (χ4n) is 4.11. The summed E-state index contributed by atoms with van der Waals surface area (Å²) in [5.74, 6) is 0.253. The number of nitrogens with one attached hydrogen (secondary N) is 1. The predicted octanol–water partition coefficient (Wildman–Crippen LogP) is 3.04. The first-order valence-electron chi connectivity index (χ1n) is 9.62. The van der Waals surface area contributed by atoms with E-state index in [-0.39, 0.29) is 18.0 Å². The Balaban J connectivity index is 1.57. The molecule has 2 fully saturated rings. The summed E-state index contributed by atoms with van der Waals surface area (Å²) in [7, 11) is 0. The van der Waals surface area contributed by atoms with Gasteiger partial charge in [0.2, 0.25) is 5.91 Å². The third kappa shape index (κ3) is 4.29. The molecule has 24 heavy (non-hydrogen) atoms. The van der Waals surface area contributed by atoms with E-state index < -0.39 is 0 Å². The van der Waals surface area contributed by atoms with Gasteiger partial charge in [0.05, 0.1) is 6.04 Å². The van der Waals surface area contributed by atoms with Gasteiger partial charge in [-0.1, -0.05) is 31.5 Å². The Hall–Kier alpha value is -1.55. The highest BCUT2D eigenvalue weighted by molar-refractivity contribution is 5.82. The molecule has 132 valence electrons. The van der Waals surface area contributed by atoms with Crippen LogP contribution in [0, 0.1) is 0 Å². The average Bonchev–Trinajstić information content (AvgIpc) is 2.63. The molecule has 4 heteroatoms. The first kappa shape index (κ1) is 17.3. The van der Waals surface area contributed by atoms with Crippen molar-refractivity contribution >= 4 is 11.6 Å². The van der Waals surface area contributed by atoms with Crippen molar-refractivity contribution in [3.63, 3.8) is 0 Å². The van der Waals surface area contributed by atoms with Crippen LogP contribution in [0.25, 0.3) is 0 Å². The monoisotopic (exact) mass is 329 g/mol. The Bertz CT molecular complexity index is 517. The number of carbonyl (C=O) groups is 1. The molecule has 2 atom stereocenters. The maximum absolute atomic E-state index is 12.8. The molecule has 0 radical (unpaired) electrons. The van der Waals surface area contributed by atoms with Gasteiger partial charge in [-0.3, -0.25) is 9.69 Å². The second-order valence-corrected chi connectivity index (χ2v) is 7.18. The van der Waals surface area contributed by atoms with E-state index >= 15 is 0 Å². The molecule has 0 bridgehead atoms. The van der Waals surface area contributed by atoms with Crippen LogP contribution in [0.3, 0.4) is 0 Å². The lowest BCUT2D eigenvalue weighted by Gasteiger charge is -2.38. The minimum absolute atomic E-state index is 0.0887. The summed E-state index contributed by atoms with van der Waals surface area (Å²) < 4.78 is 0. The minimum Gasteiger partial charge on any atom is -0.369 e. The fourth-order valence-corrected chi connectivity index (χ4v) is 4.11. The van der Waals surface area contributed by atoms with Gasteiger partial charge in [-0.05, 0) is 57.3 Å². The highest BCUT2D eigenvalue weighted by atomic mass is 16.2. The average molecular weight is 329 g/mol. The third-order valence-electron chi connectivity index (χ3n) is 5.32. The van der Waals surface area contributed by atoms with Gasteiger partial charge >= 0.3 is 0 Å². The Labute approximate surface area is 146 Å². The number of hydrogen-bond donors (Lipinski definition) is 1. The molecule has 1 amide bonds. The number of nitrogens with zero attached hydrogens (tertiary/aromatic N) is 2. The fraction of sp³-hybridized carbons (Fsp3) is 0.650. The van der Waals surface area contributed by atoms with Crippen molar-refractivity contribution in [1.29, 1.82) is 0 Å². The second-order valence-electron chi connectivity index (χ2n) is 7.18. The summed E-state index contributed by atoms with van der Waals surface area (Å²) >= 11 is 0. The van der Waals surface area contributed by atoms with E-state index in [4.69, 9.17) is 0 Å². The van der Waals surface area contributed by atoms with E-state index in [1.54, 1.807) is 0 Å². The first-order valence-corrected chi connectivity index (χ1v) is 9.62. The molecule has 1 aromatic rings. The van der Waals surface area contributed by atoms with E-state index in [1.807, 2.05) is 0 Å². The van der Waals surface area contributed by atoms with Gasteiger partial charge in [0.25, 0.3) is 0 Å². The summed E-state index contributed by atoms with van der Waals surface area (Å²) in [5.41, 5.74) is 1.27. The van der Waals surface area contributed by atoms with E-state index in [1.165, 1.54) is 18.5 Å². The number of benzene rings is 1. The highest BCUT2D eigenvalue weighted by Crippen LogP contribution is 2.21. The van der Waals surface area contributed by atoms with Crippen molar-refractivity contribution < 1.29 is 4.79 Å². The van der Waals surface area contributed by atoms with E-state index in [2.05, 4.69) is 52.4 Å². The summed E-state index contributed by atoms with van der Waals surface area (Å²) in [6.07, 6.45) is 6.78. The summed E-state index contributed by atoms with van der Waals surface area (Å²) in [5, 5.41) is 3.35. The zero-order chi connectivity index (χ0) is 16.8. The van der Waals surface area contributed by atoms with Crippen LogP contribution in [-0.4, -0.2) is 49.1 Å². The quantitative estimate of drug-likeness (QED) is 0.902. The predicted molar refractivity (Wildman–Crippen MR) is 99.3 cm³/mol. The topological polar surface area (TPSA) is 35.6 Å². The molecule has 1 aromatic carbocycles. The number of likely N-dealkylation sites (tertiary alicyclic amines) is 1. The van der Waals surface area contributed by atoms with Crippen LogP contribution in [0.2, 0.25) is 0 Å². The zero-order valence-electron chi connectivity index (χ0n) is 14.9. The van der Waals surface area contributed by atoms with Gasteiger partial charge < -0.3 is 10.2 Å². The summed E-state index contributed by atoms with van der Waals surface area (Å²) in [6, 6.07) is 10.9. The van der Waals surface area contributed by atoms with Crippen molar-refractivity contribution in [1.82, 2.24) is 10.2 Å². The Morgan fingerprint density at radius 3 is 2.75 bits per heavy atom. The van der Waals surface area contributed by atoms with Gasteiger partial charge in [-0.2, -0.15) is 0 Å². The molecule has 2 heterocycles. The van der Waals surface area contributed by atoms with Gasteiger partial charge in [-0.25, -0.2) is 0 Å². The van der Waals surface area contributed by atoms with Crippen LogP contribution in [0.1, 0.15) is 45.4 Å². The molecule has 0 spiro atoms. The van der Waals surface area contributed by atoms with Crippen LogP contribution in [0.15, 0.2) is 30.3 Å². The number of rotatable bonds is 5. The largest absolute Gasteiger partial charge is 0.369 e. The Kier molecular flexibility index (Phi) is 6.13. The smallest absolute Gasteiger partial charge is 0.237 e. The minimum atomic E-state index is 0.0887. The molecular formula is C20H31N3O. The van der Waals surface area contributed by atoms with Gasteiger partial charge in [0, 0.05) is 24.8 Å². The lowest BCUT2D eigenvalue weighted by atomic mass is 9.99. The van der Waals surface area contributed by atoms with Crippen molar-refractivity contribution in [3.8, 4) is 0 Å². The first-order chi connectivity index (χ1) is 11.8. The standard InChI is InChI=1S/C20H31N3O/c1-2-13-22-14-7-6-12-19(22)20(24)21-17-9-8-15-23(16-17)18-10-4-3-5-11-18/h3-5,10-11,17,19H,2,6-9,12-16H2,1H3,(H,21,24). The SMILES string of the molecule is CCCN1CCCCC1C(=O)NC1CCCN(c2ccccc2)C1. The van der Waals surface area contributed by atoms with E-state index in [9.17, 15) is 4.79 Å². The normalized spacial score (nSPS) is 25.5. The molecule has 0 aliphatic carbocycles. The molecule has 2 aliphatic heterocycles. The number of para-hydroxylation sites is 1. The summed E-state index contributed by atoms with van der Waals surface area (Å²) in [4.78, 5) is 17.6. The molecule has 2 saturated heterocycles. The molecular weight excluding hydrogens is 298 g/mol. The van der Waals surface area contributed by atoms with Crippen LogP contribution in [0.4, 0.5) is 5.69 Å². The van der Waals surface area contributed by atoms with Crippen LogP contribution in [0.5, 0.6) is 0 Å². The van der Waals surface area contributed by atoms with E-state index in [0.29, 0.717) is 0 Å². The van der Waals surface area contributed by atoms with Crippen LogP contribution in [-0.2, 0) is 4.79 Å².